The third-order valence-corrected chi connectivity index (χ3v) is 5.22. The van der Waals surface area contributed by atoms with Gasteiger partial charge in [0.2, 0.25) is 17.7 Å². The fourth-order valence-corrected chi connectivity index (χ4v) is 4.00. The zero-order valence-corrected chi connectivity index (χ0v) is 12.7. The molecule has 1 saturated carbocycles. The van der Waals surface area contributed by atoms with E-state index in [2.05, 4.69) is 10.3 Å². The second-order valence-electron chi connectivity index (χ2n) is 5.66. The molecule has 0 bridgehead atoms. The van der Waals surface area contributed by atoms with Crippen LogP contribution < -0.4 is 5.32 Å². The number of hydrogen-bond acceptors (Lipinski definition) is 5. The van der Waals surface area contributed by atoms with Gasteiger partial charge in [0.15, 0.2) is 5.17 Å². The van der Waals surface area contributed by atoms with Gasteiger partial charge in [-0.25, -0.2) is 0 Å². The number of amidine groups is 1. The van der Waals surface area contributed by atoms with E-state index in [0.717, 1.165) is 38.0 Å². The number of hydrogen-bond donors (Lipinski definition) is 1. The summed E-state index contributed by atoms with van der Waals surface area (Å²) >= 11 is 1.52. The van der Waals surface area contributed by atoms with Gasteiger partial charge in [-0.1, -0.05) is 24.6 Å². The molecule has 0 radical (unpaired) electrons. The average Bonchev–Trinajstić information content (AvgIpc) is 3.07. The number of imide groups is 1. The first-order valence-electron chi connectivity index (χ1n) is 7.49. The van der Waals surface area contributed by atoms with Crippen LogP contribution in [0.15, 0.2) is 4.99 Å². The van der Waals surface area contributed by atoms with Crippen LogP contribution in [0.5, 0.6) is 0 Å². The highest BCUT2D eigenvalue weighted by atomic mass is 32.2. The highest BCUT2D eigenvalue weighted by Gasteiger charge is 2.47. The number of amides is 3. The first-order valence-corrected chi connectivity index (χ1v) is 8.47. The number of carbonyl (C=O) groups excluding carboxylic acids is 3. The van der Waals surface area contributed by atoms with Crippen LogP contribution in [0.25, 0.3) is 0 Å². The van der Waals surface area contributed by atoms with Crippen molar-refractivity contribution in [3.63, 3.8) is 0 Å². The molecule has 0 aromatic heterocycles. The molecule has 1 N–H and O–H groups in total. The van der Waals surface area contributed by atoms with Crippen molar-refractivity contribution in [2.45, 2.75) is 32.1 Å². The lowest BCUT2D eigenvalue weighted by atomic mass is 9.81. The quantitative estimate of drug-likeness (QED) is 0.781. The minimum absolute atomic E-state index is 0.0786. The van der Waals surface area contributed by atoms with Crippen molar-refractivity contribution in [2.24, 2.45) is 16.8 Å². The van der Waals surface area contributed by atoms with Crippen LogP contribution in [0.1, 0.15) is 32.1 Å². The van der Waals surface area contributed by atoms with Gasteiger partial charge in [0, 0.05) is 18.7 Å². The zero-order chi connectivity index (χ0) is 14.8. The third kappa shape index (κ3) is 2.97. The SMILES string of the molecule is O=C(CCN1C(=O)[C@@H]2CCCC[C@H]2C1=O)NC1=NCCS1. The lowest BCUT2D eigenvalue weighted by molar-refractivity contribution is -0.140. The highest BCUT2D eigenvalue weighted by Crippen LogP contribution is 2.37. The Kier molecular flexibility index (Phi) is 4.28. The molecule has 2 atom stereocenters. The largest absolute Gasteiger partial charge is 0.305 e. The van der Waals surface area contributed by atoms with Crippen LogP contribution in [-0.2, 0) is 14.4 Å². The molecule has 0 spiro atoms. The van der Waals surface area contributed by atoms with Gasteiger partial charge in [0.25, 0.3) is 0 Å². The van der Waals surface area contributed by atoms with Crippen LogP contribution in [0.4, 0.5) is 0 Å². The molecule has 0 unspecified atom stereocenters. The summed E-state index contributed by atoms with van der Waals surface area (Å²) in [6, 6.07) is 0. The summed E-state index contributed by atoms with van der Waals surface area (Å²) in [5, 5.41) is 3.37. The number of fused-ring (bicyclic) bond motifs is 1. The van der Waals surface area contributed by atoms with Gasteiger partial charge in [-0.3, -0.25) is 24.3 Å². The number of likely N-dealkylation sites (tertiary alicyclic amines) is 1. The van der Waals surface area contributed by atoms with Crippen LogP contribution in [0.3, 0.4) is 0 Å². The molecule has 2 aliphatic heterocycles. The van der Waals surface area contributed by atoms with Crippen molar-refractivity contribution < 1.29 is 14.4 Å². The molecule has 0 aromatic carbocycles. The van der Waals surface area contributed by atoms with E-state index >= 15 is 0 Å². The average molecular weight is 309 g/mol. The topological polar surface area (TPSA) is 78.8 Å². The van der Waals surface area contributed by atoms with Crippen LogP contribution in [-0.4, -0.2) is 46.6 Å². The molecule has 0 aromatic rings. The lowest BCUT2D eigenvalue weighted by Gasteiger charge is -2.19. The van der Waals surface area contributed by atoms with Gasteiger partial charge in [-0.15, -0.1) is 0 Å². The summed E-state index contributed by atoms with van der Waals surface area (Å²) < 4.78 is 0. The maximum Gasteiger partial charge on any atom is 0.233 e. The number of nitrogens with one attached hydrogen (secondary N) is 1. The van der Waals surface area contributed by atoms with Crippen molar-refractivity contribution in [1.82, 2.24) is 10.2 Å². The number of carbonyl (C=O) groups is 3. The molecular weight excluding hydrogens is 290 g/mol. The van der Waals surface area contributed by atoms with E-state index in [1.165, 1.54) is 16.7 Å². The zero-order valence-electron chi connectivity index (χ0n) is 11.8. The Labute approximate surface area is 127 Å². The van der Waals surface area contributed by atoms with Crippen molar-refractivity contribution >= 4 is 34.7 Å². The Hall–Kier alpha value is -1.37. The van der Waals surface area contributed by atoms with Gasteiger partial charge < -0.3 is 5.32 Å². The molecule has 114 valence electrons. The standard InChI is InChI=1S/C14H19N3O3S/c18-11(16-14-15-6-8-21-14)5-7-17-12(19)9-3-1-2-4-10(9)13(17)20/h9-10H,1-8H2,(H,15,16,18)/t9-,10-/m1/s1. The first kappa shape index (κ1) is 14.6. The summed E-state index contributed by atoms with van der Waals surface area (Å²) in [7, 11) is 0. The summed E-state index contributed by atoms with van der Waals surface area (Å²) in [6.07, 6.45) is 3.81. The fourth-order valence-electron chi connectivity index (χ4n) is 3.26. The fraction of sp³-hybridized carbons (Fsp3) is 0.714. The summed E-state index contributed by atoms with van der Waals surface area (Å²) in [6.45, 7) is 0.918. The normalized spacial score (nSPS) is 28.6. The number of aliphatic imine (C=N–C) groups is 1. The molecular formula is C14H19N3O3S. The summed E-state index contributed by atoms with van der Waals surface area (Å²) in [5.41, 5.74) is 0. The Morgan fingerprint density at radius 1 is 1.24 bits per heavy atom. The van der Waals surface area contributed by atoms with E-state index in [4.69, 9.17) is 0 Å². The van der Waals surface area contributed by atoms with Crippen LogP contribution in [0, 0.1) is 11.8 Å². The van der Waals surface area contributed by atoms with E-state index < -0.39 is 0 Å². The van der Waals surface area contributed by atoms with E-state index in [-0.39, 0.29) is 42.5 Å². The monoisotopic (exact) mass is 309 g/mol. The molecule has 21 heavy (non-hydrogen) atoms. The van der Waals surface area contributed by atoms with Crippen molar-refractivity contribution in [3.05, 3.63) is 0 Å². The Morgan fingerprint density at radius 2 is 1.90 bits per heavy atom. The van der Waals surface area contributed by atoms with E-state index in [0.29, 0.717) is 5.17 Å². The number of rotatable bonds is 3. The first-order chi connectivity index (χ1) is 10.2. The Bertz CT molecular complexity index is 482. The molecule has 6 nitrogen and oxygen atoms in total. The second-order valence-corrected chi connectivity index (χ2v) is 6.74. The molecule has 3 rings (SSSR count). The summed E-state index contributed by atoms with van der Waals surface area (Å²) in [4.78, 5) is 41.8. The van der Waals surface area contributed by atoms with Crippen LogP contribution in [0.2, 0.25) is 0 Å². The van der Waals surface area contributed by atoms with Crippen molar-refractivity contribution in [3.8, 4) is 0 Å². The van der Waals surface area contributed by atoms with E-state index in [9.17, 15) is 14.4 Å². The molecule has 3 aliphatic rings. The minimum atomic E-state index is -0.182. The van der Waals surface area contributed by atoms with Gasteiger partial charge >= 0.3 is 0 Å². The smallest absolute Gasteiger partial charge is 0.233 e. The Balaban J connectivity index is 1.53. The maximum absolute atomic E-state index is 12.3. The molecule has 7 heteroatoms. The van der Waals surface area contributed by atoms with Gasteiger partial charge in [0.1, 0.15) is 0 Å². The second kappa shape index (κ2) is 6.17. The van der Waals surface area contributed by atoms with Gasteiger partial charge in [-0.05, 0) is 12.8 Å². The van der Waals surface area contributed by atoms with E-state index in [1.807, 2.05) is 0 Å². The number of nitrogens with zero attached hydrogens (tertiary/aromatic N) is 2. The predicted octanol–water partition coefficient (Wildman–Crippen LogP) is 0.771. The molecule has 1 aliphatic carbocycles. The molecule has 3 amide bonds. The minimum Gasteiger partial charge on any atom is -0.305 e. The maximum atomic E-state index is 12.3. The Morgan fingerprint density at radius 3 is 2.48 bits per heavy atom. The van der Waals surface area contributed by atoms with Crippen molar-refractivity contribution in [1.29, 1.82) is 0 Å². The highest BCUT2D eigenvalue weighted by molar-refractivity contribution is 8.14. The lowest BCUT2D eigenvalue weighted by Crippen LogP contribution is -2.36. The molecule has 2 heterocycles. The molecule has 2 fully saturated rings. The third-order valence-electron chi connectivity index (χ3n) is 4.33. The predicted molar refractivity (Wildman–Crippen MR) is 79.7 cm³/mol. The molecule has 1 saturated heterocycles. The van der Waals surface area contributed by atoms with Gasteiger partial charge in [-0.2, -0.15) is 0 Å². The van der Waals surface area contributed by atoms with Crippen LogP contribution >= 0.6 is 11.8 Å². The number of thioether (sulfide) groups is 1. The van der Waals surface area contributed by atoms with E-state index in [1.54, 1.807) is 0 Å². The summed E-state index contributed by atoms with van der Waals surface area (Å²) in [5.74, 6) is 0.282. The van der Waals surface area contributed by atoms with Crippen molar-refractivity contribution in [2.75, 3.05) is 18.8 Å². The van der Waals surface area contributed by atoms with Gasteiger partial charge in [0.05, 0.1) is 18.4 Å².